The van der Waals surface area contributed by atoms with Crippen LogP contribution in [0.15, 0.2) is 18.0 Å². The third-order valence-corrected chi connectivity index (χ3v) is 4.34. The number of nitrogens with two attached hydrogens (primary N) is 1. The van der Waals surface area contributed by atoms with Crippen LogP contribution in [0, 0.1) is 11.3 Å². The average Bonchev–Trinajstić information content (AvgIpc) is 3.06. The molecular weight excluding hydrogens is 374 g/mol. The molecule has 3 N–H and O–H groups in total. The quantitative estimate of drug-likeness (QED) is 0.589. The Morgan fingerprint density at radius 1 is 1.31 bits per heavy atom. The first-order valence-corrected chi connectivity index (χ1v) is 9.16. The number of fused-ring (bicyclic) bond motifs is 1. The molecule has 0 bridgehead atoms. The fourth-order valence-electron chi connectivity index (χ4n) is 2.92. The number of hydrogen-bond acceptors (Lipinski definition) is 7. The maximum atomic E-state index is 12.2. The summed E-state index contributed by atoms with van der Waals surface area (Å²) < 4.78 is 5.41. The van der Waals surface area contributed by atoms with Crippen LogP contribution < -0.4 is 10.6 Å². The number of anilines is 1. The van der Waals surface area contributed by atoms with E-state index in [9.17, 15) is 9.59 Å². The molecule has 2 aromatic heterocycles. The smallest absolute Gasteiger partial charge is 0.410 e. The lowest BCUT2D eigenvalue weighted by atomic mass is 10.2. The molecule has 0 unspecified atom stereocenters. The Kier molecular flexibility index (Phi) is 5.41. The Morgan fingerprint density at radius 2 is 2.00 bits per heavy atom. The number of amides is 2. The van der Waals surface area contributed by atoms with Gasteiger partial charge in [0, 0.05) is 37.9 Å². The van der Waals surface area contributed by atoms with E-state index in [0.29, 0.717) is 48.7 Å². The summed E-state index contributed by atoms with van der Waals surface area (Å²) in [6.07, 6.45) is 4.33. The third-order valence-electron chi connectivity index (χ3n) is 4.34. The van der Waals surface area contributed by atoms with E-state index < -0.39 is 11.5 Å². The molecule has 29 heavy (non-hydrogen) atoms. The molecule has 1 saturated heterocycles. The van der Waals surface area contributed by atoms with Crippen LogP contribution in [-0.4, -0.2) is 63.6 Å². The van der Waals surface area contributed by atoms with E-state index in [2.05, 4.69) is 15.0 Å². The second-order valence-electron chi connectivity index (χ2n) is 7.66. The van der Waals surface area contributed by atoms with Crippen LogP contribution >= 0.6 is 0 Å². The van der Waals surface area contributed by atoms with E-state index in [-0.39, 0.29) is 11.7 Å². The summed E-state index contributed by atoms with van der Waals surface area (Å²) in [5.74, 6) is -0.155. The molecule has 0 aliphatic carbocycles. The number of carbonyl (C=O) groups excluding carboxylic acids is 2. The first kappa shape index (κ1) is 20.1. The molecule has 10 nitrogen and oxygen atoms in total. The lowest BCUT2D eigenvalue weighted by molar-refractivity contribution is -0.114. The predicted molar refractivity (Wildman–Crippen MR) is 107 cm³/mol. The minimum atomic E-state index is -0.802. The molecule has 0 atom stereocenters. The molecule has 0 saturated carbocycles. The predicted octanol–water partition coefficient (Wildman–Crippen LogP) is 1.41. The van der Waals surface area contributed by atoms with Crippen molar-refractivity contribution in [2.45, 2.75) is 26.4 Å². The molecule has 2 aromatic rings. The van der Waals surface area contributed by atoms with Gasteiger partial charge in [-0.1, -0.05) is 0 Å². The van der Waals surface area contributed by atoms with E-state index >= 15 is 0 Å². The zero-order valence-electron chi connectivity index (χ0n) is 16.6. The second kappa shape index (κ2) is 7.79. The highest BCUT2D eigenvalue weighted by atomic mass is 16.6. The Hall–Kier alpha value is -3.61. The molecule has 1 fully saturated rings. The highest BCUT2D eigenvalue weighted by Gasteiger charge is 2.26. The Labute approximate surface area is 167 Å². The van der Waals surface area contributed by atoms with Crippen LogP contribution in [0.4, 0.5) is 10.6 Å². The number of piperazine rings is 1. The number of nitrogens with one attached hydrogen (secondary N) is 1. The Balaban J connectivity index is 1.77. The fraction of sp³-hybridized carbons (Fsp3) is 0.421. The summed E-state index contributed by atoms with van der Waals surface area (Å²) in [4.78, 5) is 39.2. The molecule has 1 aliphatic rings. The van der Waals surface area contributed by atoms with Gasteiger partial charge in [-0.05, 0) is 26.8 Å². The molecule has 0 spiro atoms. The van der Waals surface area contributed by atoms with Gasteiger partial charge in [-0.2, -0.15) is 5.26 Å². The van der Waals surface area contributed by atoms with Crippen molar-refractivity contribution in [1.82, 2.24) is 19.9 Å². The van der Waals surface area contributed by atoms with Crippen molar-refractivity contribution >= 4 is 35.1 Å². The van der Waals surface area contributed by atoms with Crippen LogP contribution in [0.5, 0.6) is 0 Å². The number of nitrogens with zero attached hydrogens (tertiary/aromatic N) is 5. The molecule has 0 radical (unpaired) electrons. The zero-order chi connectivity index (χ0) is 21.2. The molecule has 2 amide bonds. The standard InChI is InChI=1S/C19H23N7O3/c1-19(2,3)29-18(28)26-6-4-25(5-7-26)14-11-23-17-15(24-14)13(10-22-17)8-12(9-20)16(21)27/h8,10-11H,4-7H2,1-3H3,(H2,21,27)(H,22,23)/b12-8-. The van der Waals surface area contributed by atoms with Crippen molar-refractivity contribution in [2.24, 2.45) is 5.73 Å². The number of nitriles is 1. The summed E-state index contributed by atoms with van der Waals surface area (Å²) >= 11 is 0. The van der Waals surface area contributed by atoms with Crippen LogP contribution in [0.3, 0.4) is 0 Å². The number of rotatable bonds is 3. The minimum Gasteiger partial charge on any atom is -0.444 e. The van der Waals surface area contributed by atoms with Gasteiger partial charge in [-0.25, -0.2) is 14.8 Å². The number of primary amides is 1. The lowest BCUT2D eigenvalue weighted by Crippen LogP contribution is -2.50. The third kappa shape index (κ3) is 4.63. The maximum absolute atomic E-state index is 12.2. The summed E-state index contributed by atoms with van der Waals surface area (Å²) in [5, 5.41) is 9.05. The molecule has 3 rings (SSSR count). The highest BCUT2D eigenvalue weighted by molar-refractivity contribution is 6.02. The number of hydrogen-bond donors (Lipinski definition) is 2. The van der Waals surface area contributed by atoms with Gasteiger partial charge in [0.05, 0.1) is 6.20 Å². The Morgan fingerprint density at radius 3 is 2.59 bits per heavy atom. The molecule has 10 heteroatoms. The van der Waals surface area contributed by atoms with Crippen molar-refractivity contribution < 1.29 is 14.3 Å². The Bertz CT molecular complexity index is 1000. The SMILES string of the molecule is CC(C)(C)OC(=O)N1CCN(c2cnc3[nH]cc(/C=C(/C#N)C(N)=O)c3n2)CC1. The van der Waals surface area contributed by atoms with Crippen molar-refractivity contribution in [3.63, 3.8) is 0 Å². The molecule has 1 aliphatic heterocycles. The van der Waals surface area contributed by atoms with Gasteiger partial charge >= 0.3 is 6.09 Å². The lowest BCUT2D eigenvalue weighted by Gasteiger charge is -2.36. The van der Waals surface area contributed by atoms with Crippen LogP contribution in [0.2, 0.25) is 0 Å². The van der Waals surface area contributed by atoms with Crippen molar-refractivity contribution in [3.8, 4) is 6.07 Å². The van der Waals surface area contributed by atoms with Gasteiger partial charge in [0.15, 0.2) is 5.65 Å². The van der Waals surface area contributed by atoms with Crippen LogP contribution in [0.25, 0.3) is 17.2 Å². The van der Waals surface area contributed by atoms with E-state index in [1.807, 2.05) is 25.7 Å². The van der Waals surface area contributed by atoms with Gasteiger partial charge < -0.3 is 25.3 Å². The first-order chi connectivity index (χ1) is 13.7. The van der Waals surface area contributed by atoms with Gasteiger partial charge in [-0.15, -0.1) is 0 Å². The van der Waals surface area contributed by atoms with Crippen LogP contribution in [0.1, 0.15) is 26.3 Å². The van der Waals surface area contributed by atoms with Crippen molar-refractivity contribution in [1.29, 1.82) is 5.26 Å². The summed E-state index contributed by atoms with van der Waals surface area (Å²) in [6.45, 7) is 7.70. The number of aromatic amines is 1. The number of aromatic nitrogens is 3. The number of H-pyrrole nitrogens is 1. The van der Waals surface area contributed by atoms with E-state index in [1.165, 1.54) is 6.08 Å². The van der Waals surface area contributed by atoms with E-state index in [1.54, 1.807) is 23.4 Å². The zero-order valence-corrected chi connectivity index (χ0v) is 16.6. The summed E-state index contributed by atoms with van der Waals surface area (Å²) in [7, 11) is 0. The maximum Gasteiger partial charge on any atom is 0.410 e. The van der Waals surface area contributed by atoms with Gasteiger partial charge in [0.1, 0.15) is 28.6 Å². The molecular formula is C19H23N7O3. The minimum absolute atomic E-state index is 0.163. The van der Waals surface area contributed by atoms with Gasteiger partial charge in [-0.3, -0.25) is 4.79 Å². The summed E-state index contributed by atoms with van der Waals surface area (Å²) in [6, 6.07) is 1.78. The van der Waals surface area contributed by atoms with Crippen molar-refractivity contribution in [3.05, 3.63) is 23.5 Å². The summed E-state index contributed by atoms with van der Waals surface area (Å²) in [5.41, 5.74) is 6.13. The number of carbonyl (C=O) groups is 2. The molecule has 152 valence electrons. The normalized spacial score (nSPS) is 15.3. The van der Waals surface area contributed by atoms with Gasteiger partial charge in [0.2, 0.25) is 0 Å². The monoisotopic (exact) mass is 397 g/mol. The fourth-order valence-corrected chi connectivity index (χ4v) is 2.92. The van der Waals surface area contributed by atoms with E-state index in [4.69, 9.17) is 15.7 Å². The highest BCUT2D eigenvalue weighted by Crippen LogP contribution is 2.22. The largest absolute Gasteiger partial charge is 0.444 e. The van der Waals surface area contributed by atoms with E-state index in [0.717, 1.165) is 0 Å². The van der Waals surface area contributed by atoms with Gasteiger partial charge in [0.25, 0.3) is 5.91 Å². The number of ether oxygens (including phenoxy) is 1. The van der Waals surface area contributed by atoms with Crippen molar-refractivity contribution in [2.75, 3.05) is 31.1 Å². The topological polar surface area (TPSA) is 141 Å². The van der Waals surface area contributed by atoms with Crippen LogP contribution in [-0.2, 0) is 9.53 Å². The average molecular weight is 397 g/mol. The molecule has 0 aromatic carbocycles. The molecule has 3 heterocycles. The first-order valence-electron chi connectivity index (χ1n) is 9.16. The second-order valence-corrected chi connectivity index (χ2v) is 7.66.